The van der Waals surface area contributed by atoms with E-state index in [1.165, 1.54) is 0 Å². The number of aryl methyl sites for hydroxylation is 1. The van der Waals surface area contributed by atoms with Gasteiger partial charge < -0.3 is 10.3 Å². The molecular weight excluding hydrogens is 164 g/mol. The van der Waals surface area contributed by atoms with Crippen LogP contribution in [0.1, 0.15) is 12.6 Å². The van der Waals surface area contributed by atoms with Crippen LogP contribution >= 0.6 is 0 Å². The topological polar surface area (TPSA) is 48.0 Å². The molecule has 0 spiro atoms. The third kappa shape index (κ3) is 2.42. The summed E-state index contributed by atoms with van der Waals surface area (Å²) in [6.45, 7) is 5.30. The van der Waals surface area contributed by atoms with E-state index >= 15 is 0 Å². The molecule has 0 bridgehead atoms. The molecule has 0 saturated heterocycles. The minimum atomic E-state index is 0.0558. The van der Waals surface area contributed by atoms with Gasteiger partial charge in [-0.15, -0.1) is 0 Å². The van der Waals surface area contributed by atoms with Gasteiger partial charge in [-0.05, 0) is 25.5 Å². The monoisotopic (exact) mass is 180 g/mol. The Morgan fingerprint density at radius 1 is 1.54 bits per heavy atom. The number of pyridine rings is 1. The lowest BCUT2D eigenvalue weighted by Gasteiger charge is -2.13. The minimum absolute atomic E-state index is 0.0558. The average molecular weight is 180 g/mol. The van der Waals surface area contributed by atoms with Crippen molar-refractivity contribution in [3.05, 3.63) is 34.2 Å². The zero-order valence-electron chi connectivity index (χ0n) is 8.16. The predicted molar refractivity (Wildman–Crippen MR) is 53.7 cm³/mol. The maximum Gasteiger partial charge on any atom is 0.250 e. The van der Waals surface area contributed by atoms with E-state index in [1.807, 2.05) is 19.9 Å². The summed E-state index contributed by atoms with van der Waals surface area (Å²) in [7, 11) is 0. The second-order valence-corrected chi connectivity index (χ2v) is 3.46. The van der Waals surface area contributed by atoms with Crippen molar-refractivity contribution >= 4 is 0 Å². The molecule has 72 valence electrons. The Kier molecular flexibility index (Phi) is 3.25. The summed E-state index contributed by atoms with van der Waals surface area (Å²) in [5, 5.41) is 0. The van der Waals surface area contributed by atoms with E-state index in [-0.39, 0.29) is 5.56 Å². The molecule has 3 heteroatoms. The molecule has 1 aromatic heterocycles. The Morgan fingerprint density at radius 3 is 2.77 bits per heavy atom. The summed E-state index contributed by atoms with van der Waals surface area (Å²) in [6, 6.07) is 5.29. The quantitative estimate of drug-likeness (QED) is 0.746. The lowest BCUT2D eigenvalue weighted by molar-refractivity contribution is 0.475. The smallest absolute Gasteiger partial charge is 0.250 e. The SMILES string of the molecule is Cc1cccc(=O)n1CC(C)CN. The van der Waals surface area contributed by atoms with Gasteiger partial charge in [-0.25, -0.2) is 0 Å². The van der Waals surface area contributed by atoms with Gasteiger partial charge >= 0.3 is 0 Å². The van der Waals surface area contributed by atoms with Crippen molar-refractivity contribution in [3.8, 4) is 0 Å². The zero-order chi connectivity index (χ0) is 9.84. The normalized spacial score (nSPS) is 12.8. The first-order valence-electron chi connectivity index (χ1n) is 4.51. The Labute approximate surface area is 78.2 Å². The third-order valence-electron chi connectivity index (χ3n) is 2.16. The molecule has 2 N–H and O–H groups in total. The number of hydrogen-bond donors (Lipinski definition) is 1. The number of hydrogen-bond acceptors (Lipinski definition) is 2. The van der Waals surface area contributed by atoms with E-state index in [4.69, 9.17) is 5.73 Å². The lowest BCUT2D eigenvalue weighted by Crippen LogP contribution is -2.27. The second-order valence-electron chi connectivity index (χ2n) is 3.46. The number of aromatic nitrogens is 1. The molecular formula is C10H16N2O. The fourth-order valence-electron chi connectivity index (χ4n) is 1.24. The first-order valence-corrected chi connectivity index (χ1v) is 4.51. The van der Waals surface area contributed by atoms with Crippen molar-refractivity contribution < 1.29 is 0 Å². The Hall–Kier alpha value is -1.09. The average Bonchev–Trinajstić information content (AvgIpc) is 2.11. The van der Waals surface area contributed by atoms with Crippen molar-refractivity contribution in [1.82, 2.24) is 4.57 Å². The Morgan fingerprint density at radius 2 is 2.23 bits per heavy atom. The van der Waals surface area contributed by atoms with Gasteiger partial charge in [-0.1, -0.05) is 13.0 Å². The van der Waals surface area contributed by atoms with Crippen molar-refractivity contribution in [1.29, 1.82) is 0 Å². The van der Waals surface area contributed by atoms with Crippen LogP contribution in [0, 0.1) is 12.8 Å². The summed E-state index contributed by atoms with van der Waals surface area (Å²) in [5.41, 5.74) is 6.55. The van der Waals surface area contributed by atoms with Gasteiger partial charge in [0.05, 0.1) is 0 Å². The molecule has 1 unspecified atom stereocenters. The largest absolute Gasteiger partial charge is 0.330 e. The highest BCUT2D eigenvalue weighted by Crippen LogP contribution is 1.99. The van der Waals surface area contributed by atoms with Gasteiger partial charge in [-0.2, -0.15) is 0 Å². The van der Waals surface area contributed by atoms with E-state index in [0.29, 0.717) is 19.0 Å². The fraction of sp³-hybridized carbons (Fsp3) is 0.500. The summed E-state index contributed by atoms with van der Waals surface area (Å²) >= 11 is 0. The number of rotatable bonds is 3. The first kappa shape index (κ1) is 9.99. The molecule has 0 amide bonds. The van der Waals surface area contributed by atoms with Crippen LogP contribution in [0.2, 0.25) is 0 Å². The first-order chi connectivity index (χ1) is 6.15. The zero-order valence-corrected chi connectivity index (χ0v) is 8.16. The van der Waals surface area contributed by atoms with E-state index in [1.54, 1.807) is 16.7 Å². The standard InChI is InChI=1S/C10H16N2O/c1-8(6-11)7-12-9(2)4-3-5-10(12)13/h3-5,8H,6-7,11H2,1-2H3. The van der Waals surface area contributed by atoms with E-state index in [2.05, 4.69) is 0 Å². The molecule has 0 aliphatic heterocycles. The van der Waals surface area contributed by atoms with Crippen LogP contribution in [0.5, 0.6) is 0 Å². The molecule has 1 heterocycles. The van der Waals surface area contributed by atoms with Crippen LogP contribution in [-0.4, -0.2) is 11.1 Å². The van der Waals surface area contributed by atoms with Gasteiger partial charge in [-0.3, -0.25) is 4.79 Å². The summed E-state index contributed by atoms with van der Waals surface area (Å²) in [4.78, 5) is 11.4. The lowest BCUT2D eigenvalue weighted by atomic mass is 10.2. The highest BCUT2D eigenvalue weighted by atomic mass is 16.1. The molecule has 0 radical (unpaired) electrons. The van der Waals surface area contributed by atoms with Gasteiger partial charge in [0.25, 0.3) is 5.56 Å². The molecule has 0 aromatic carbocycles. The van der Waals surface area contributed by atoms with Crippen LogP contribution in [-0.2, 0) is 6.54 Å². The van der Waals surface area contributed by atoms with Gasteiger partial charge in [0.2, 0.25) is 0 Å². The highest BCUT2D eigenvalue weighted by Gasteiger charge is 2.03. The van der Waals surface area contributed by atoms with Crippen LogP contribution in [0.4, 0.5) is 0 Å². The van der Waals surface area contributed by atoms with Crippen molar-refractivity contribution in [3.63, 3.8) is 0 Å². The van der Waals surface area contributed by atoms with Crippen molar-refractivity contribution in [2.75, 3.05) is 6.54 Å². The summed E-state index contributed by atoms with van der Waals surface area (Å²) < 4.78 is 1.76. The molecule has 1 aromatic rings. The van der Waals surface area contributed by atoms with Gasteiger partial charge in [0.1, 0.15) is 0 Å². The minimum Gasteiger partial charge on any atom is -0.330 e. The Balaban J connectivity index is 2.93. The molecule has 3 nitrogen and oxygen atoms in total. The van der Waals surface area contributed by atoms with Crippen LogP contribution in [0.3, 0.4) is 0 Å². The summed E-state index contributed by atoms with van der Waals surface area (Å²) in [6.07, 6.45) is 0. The van der Waals surface area contributed by atoms with Crippen molar-refractivity contribution in [2.24, 2.45) is 11.7 Å². The molecule has 13 heavy (non-hydrogen) atoms. The summed E-state index contributed by atoms with van der Waals surface area (Å²) in [5.74, 6) is 0.346. The second kappa shape index (κ2) is 4.23. The molecule has 0 fully saturated rings. The maximum atomic E-state index is 11.4. The molecule has 1 rings (SSSR count). The van der Waals surface area contributed by atoms with Crippen LogP contribution < -0.4 is 11.3 Å². The molecule has 0 aliphatic carbocycles. The van der Waals surface area contributed by atoms with Crippen LogP contribution in [0.25, 0.3) is 0 Å². The molecule has 0 saturated carbocycles. The van der Waals surface area contributed by atoms with E-state index < -0.39 is 0 Å². The Bertz CT molecular complexity index is 330. The number of nitrogens with two attached hydrogens (primary N) is 1. The van der Waals surface area contributed by atoms with Crippen molar-refractivity contribution in [2.45, 2.75) is 20.4 Å². The molecule has 0 aliphatic rings. The number of nitrogens with zero attached hydrogens (tertiary/aromatic N) is 1. The van der Waals surface area contributed by atoms with Gasteiger partial charge in [0.15, 0.2) is 0 Å². The molecule has 1 atom stereocenters. The maximum absolute atomic E-state index is 11.4. The third-order valence-corrected chi connectivity index (χ3v) is 2.16. The van der Waals surface area contributed by atoms with E-state index in [0.717, 1.165) is 5.69 Å². The predicted octanol–water partition coefficient (Wildman–Crippen LogP) is 0.752. The van der Waals surface area contributed by atoms with Crippen LogP contribution in [0.15, 0.2) is 23.0 Å². The van der Waals surface area contributed by atoms with Gasteiger partial charge in [0, 0.05) is 18.3 Å². The fourth-order valence-corrected chi connectivity index (χ4v) is 1.24. The van der Waals surface area contributed by atoms with E-state index in [9.17, 15) is 4.79 Å². The highest BCUT2D eigenvalue weighted by molar-refractivity contribution is 5.04.